The Balaban J connectivity index is 1.53. The van der Waals surface area contributed by atoms with Crippen molar-refractivity contribution in [3.05, 3.63) is 54.6 Å². The predicted octanol–water partition coefficient (Wildman–Crippen LogP) is 4.66. The van der Waals surface area contributed by atoms with Gasteiger partial charge in [-0.05, 0) is 30.2 Å². The summed E-state index contributed by atoms with van der Waals surface area (Å²) in [6.45, 7) is 4.70. The van der Waals surface area contributed by atoms with Crippen LogP contribution >= 0.6 is 0 Å². The Morgan fingerprint density at radius 2 is 2.00 bits per heavy atom. The highest BCUT2D eigenvalue weighted by molar-refractivity contribution is 5.90. The Kier molecular flexibility index (Phi) is 4.80. The highest BCUT2D eigenvalue weighted by Gasteiger charge is 2.13. The molecule has 2 aromatic carbocycles. The minimum absolute atomic E-state index is 0.238. The molecule has 3 N–H and O–H groups in total. The normalized spacial score (nSPS) is 11.1. The summed E-state index contributed by atoms with van der Waals surface area (Å²) in [6.07, 6.45) is 0. The SMILES string of the molecule is CC(C)CNC(=O)Nc1cccc(-c2noc(-c3cc4ccccc4[nH]3)n2)c1. The lowest BCUT2D eigenvalue weighted by molar-refractivity contribution is 0.251. The Hall–Kier alpha value is -3.61. The van der Waals surface area contributed by atoms with Gasteiger partial charge < -0.3 is 20.1 Å². The molecule has 142 valence electrons. The molecule has 0 radical (unpaired) electrons. The van der Waals surface area contributed by atoms with Crippen LogP contribution in [0.25, 0.3) is 33.9 Å². The van der Waals surface area contributed by atoms with E-state index in [0.29, 0.717) is 29.9 Å². The molecule has 0 saturated carbocycles. The summed E-state index contributed by atoms with van der Waals surface area (Å²) >= 11 is 0. The van der Waals surface area contributed by atoms with E-state index in [-0.39, 0.29) is 6.03 Å². The van der Waals surface area contributed by atoms with Crippen LogP contribution in [0.5, 0.6) is 0 Å². The number of fused-ring (bicyclic) bond motifs is 1. The fourth-order valence-corrected chi connectivity index (χ4v) is 2.85. The van der Waals surface area contributed by atoms with Crippen LogP contribution in [0.15, 0.2) is 59.1 Å². The van der Waals surface area contributed by atoms with Gasteiger partial charge in [0.1, 0.15) is 5.69 Å². The van der Waals surface area contributed by atoms with Gasteiger partial charge in [0.2, 0.25) is 5.82 Å². The molecule has 28 heavy (non-hydrogen) atoms. The number of nitrogens with zero attached hydrogens (tertiary/aromatic N) is 2. The number of amides is 2. The number of hydrogen-bond donors (Lipinski definition) is 3. The molecule has 0 bridgehead atoms. The van der Waals surface area contributed by atoms with Crippen molar-refractivity contribution in [2.24, 2.45) is 5.92 Å². The lowest BCUT2D eigenvalue weighted by atomic mass is 10.2. The van der Waals surface area contributed by atoms with Gasteiger partial charge in [0, 0.05) is 28.7 Å². The van der Waals surface area contributed by atoms with Gasteiger partial charge in [0.05, 0.1) is 0 Å². The van der Waals surface area contributed by atoms with Crippen LogP contribution in [0, 0.1) is 5.92 Å². The molecule has 0 spiro atoms. The molecule has 0 aliphatic rings. The highest BCUT2D eigenvalue weighted by atomic mass is 16.5. The predicted molar refractivity (Wildman–Crippen MR) is 109 cm³/mol. The van der Waals surface area contributed by atoms with Gasteiger partial charge in [-0.15, -0.1) is 0 Å². The van der Waals surface area contributed by atoms with Crippen molar-refractivity contribution in [1.82, 2.24) is 20.4 Å². The van der Waals surface area contributed by atoms with Crippen molar-refractivity contribution < 1.29 is 9.32 Å². The van der Waals surface area contributed by atoms with Gasteiger partial charge in [-0.1, -0.05) is 49.3 Å². The second-order valence-electron chi connectivity index (χ2n) is 7.00. The number of benzene rings is 2. The third-order valence-corrected chi connectivity index (χ3v) is 4.24. The van der Waals surface area contributed by atoms with Crippen molar-refractivity contribution in [3.63, 3.8) is 0 Å². The van der Waals surface area contributed by atoms with Crippen LogP contribution in [0.2, 0.25) is 0 Å². The first-order chi connectivity index (χ1) is 13.6. The molecule has 7 heteroatoms. The van der Waals surface area contributed by atoms with Crippen LogP contribution in [-0.4, -0.2) is 27.7 Å². The van der Waals surface area contributed by atoms with Crippen LogP contribution < -0.4 is 10.6 Å². The largest absolute Gasteiger partial charge is 0.351 e. The number of carbonyl (C=O) groups excluding carboxylic acids is 1. The van der Waals surface area contributed by atoms with E-state index < -0.39 is 0 Å². The molecule has 7 nitrogen and oxygen atoms in total. The van der Waals surface area contributed by atoms with E-state index in [9.17, 15) is 4.79 Å². The molecule has 0 aliphatic heterocycles. The van der Waals surface area contributed by atoms with Gasteiger partial charge in [0.15, 0.2) is 0 Å². The molecular weight excluding hydrogens is 354 g/mol. The maximum absolute atomic E-state index is 12.0. The summed E-state index contributed by atoms with van der Waals surface area (Å²) < 4.78 is 5.43. The molecule has 0 unspecified atom stereocenters. The van der Waals surface area contributed by atoms with E-state index in [1.807, 2.05) is 68.4 Å². The van der Waals surface area contributed by atoms with E-state index in [2.05, 4.69) is 25.8 Å². The van der Waals surface area contributed by atoms with Crippen molar-refractivity contribution in [2.75, 3.05) is 11.9 Å². The average molecular weight is 375 g/mol. The molecule has 2 amide bonds. The summed E-state index contributed by atoms with van der Waals surface area (Å²) in [4.78, 5) is 19.7. The maximum Gasteiger partial charge on any atom is 0.319 e. The Labute approximate surface area is 162 Å². The van der Waals surface area contributed by atoms with E-state index in [4.69, 9.17) is 4.52 Å². The second kappa shape index (κ2) is 7.56. The highest BCUT2D eigenvalue weighted by Crippen LogP contribution is 2.26. The monoisotopic (exact) mass is 375 g/mol. The van der Waals surface area contributed by atoms with Crippen LogP contribution in [0.3, 0.4) is 0 Å². The number of carbonyl (C=O) groups is 1. The van der Waals surface area contributed by atoms with Crippen molar-refractivity contribution in [2.45, 2.75) is 13.8 Å². The van der Waals surface area contributed by atoms with Crippen LogP contribution in [0.1, 0.15) is 13.8 Å². The van der Waals surface area contributed by atoms with Crippen LogP contribution in [0.4, 0.5) is 10.5 Å². The Bertz CT molecular complexity index is 1080. The average Bonchev–Trinajstić information content (AvgIpc) is 3.33. The molecule has 2 heterocycles. The van der Waals surface area contributed by atoms with E-state index in [1.54, 1.807) is 0 Å². The van der Waals surface area contributed by atoms with Gasteiger partial charge in [-0.2, -0.15) is 4.98 Å². The number of anilines is 1. The van der Waals surface area contributed by atoms with Gasteiger partial charge in [-0.25, -0.2) is 4.79 Å². The van der Waals surface area contributed by atoms with Crippen molar-refractivity contribution in [3.8, 4) is 23.0 Å². The Morgan fingerprint density at radius 3 is 2.82 bits per heavy atom. The summed E-state index contributed by atoms with van der Waals surface area (Å²) in [5.41, 5.74) is 3.20. The minimum Gasteiger partial charge on any atom is -0.351 e. The molecule has 0 atom stereocenters. The molecule has 0 saturated heterocycles. The maximum atomic E-state index is 12.0. The fourth-order valence-electron chi connectivity index (χ4n) is 2.85. The molecule has 0 aliphatic carbocycles. The summed E-state index contributed by atoms with van der Waals surface area (Å²) in [5, 5.41) is 10.8. The van der Waals surface area contributed by atoms with Gasteiger partial charge in [-0.3, -0.25) is 0 Å². The summed E-state index contributed by atoms with van der Waals surface area (Å²) in [7, 11) is 0. The quantitative estimate of drug-likeness (QED) is 0.472. The zero-order valence-electron chi connectivity index (χ0n) is 15.7. The zero-order chi connectivity index (χ0) is 19.5. The molecular formula is C21H21N5O2. The number of para-hydroxylation sites is 1. The molecule has 2 aromatic heterocycles. The third kappa shape index (κ3) is 3.88. The number of urea groups is 1. The number of nitrogens with one attached hydrogen (secondary N) is 3. The lowest BCUT2D eigenvalue weighted by Crippen LogP contribution is -2.31. The molecule has 4 rings (SSSR count). The van der Waals surface area contributed by atoms with E-state index in [1.165, 1.54) is 0 Å². The smallest absolute Gasteiger partial charge is 0.319 e. The van der Waals surface area contributed by atoms with E-state index >= 15 is 0 Å². The van der Waals surface area contributed by atoms with Crippen molar-refractivity contribution in [1.29, 1.82) is 0 Å². The first kappa shape index (κ1) is 17.8. The zero-order valence-corrected chi connectivity index (χ0v) is 15.7. The topological polar surface area (TPSA) is 95.8 Å². The molecule has 0 fully saturated rings. The van der Waals surface area contributed by atoms with E-state index in [0.717, 1.165) is 22.2 Å². The number of aromatic amines is 1. The van der Waals surface area contributed by atoms with Gasteiger partial charge >= 0.3 is 6.03 Å². The lowest BCUT2D eigenvalue weighted by Gasteiger charge is -2.09. The summed E-state index contributed by atoms with van der Waals surface area (Å²) in [5.74, 6) is 1.26. The first-order valence-corrected chi connectivity index (χ1v) is 9.15. The number of hydrogen-bond acceptors (Lipinski definition) is 4. The van der Waals surface area contributed by atoms with Crippen molar-refractivity contribution >= 4 is 22.6 Å². The van der Waals surface area contributed by atoms with Gasteiger partial charge in [0.25, 0.3) is 5.89 Å². The Morgan fingerprint density at radius 1 is 1.14 bits per heavy atom. The summed E-state index contributed by atoms with van der Waals surface area (Å²) in [6, 6.07) is 17.0. The minimum atomic E-state index is -0.238. The standard InChI is InChI=1S/C21H21N5O2/c1-13(2)12-22-21(27)23-16-8-5-7-15(10-16)19-25-20(28-26-19)18-11-14-6-3-4-9-17(14)24-18/h3-11,13,24H,12H2,1-2H3,(H2,22,23,27). The second-order valence-corrected chi connectivity index (χ2v) is 7.00. The number of rotatable bonds is 5. The number of H-pyrrole nitrogens is 1. The van der Waals surface area contributed by atoms with Crippen LogP contribution in [-0.2, 0) is 0 Å². The number of aromatic nitrogens is 3. The first-order valence-electron chi connectivity index (χ1n) is 9.15. The fraction of sp³-hybridized carbons (Fsp3) is 0.190. The third-order valence-electron chi connectivity index (χ3n) is 4.24. The molecule has 4 aromatic rings.